The first-order valence-corrected chi connectivity index (χ1v) is 7.54. The molecule has 0 spiro atoms. The van der Waals surface area contributed by atoms with Gasteiger partial charge in [0.15, 0.2) is 0 Å². The molecule has 1 atom stereocenters. The Morgan fingerprint density at radius 2 is 1.82 bits per heavy atom. The van der Waals surface area contributed by atoms with E-state index in [9.17, 15) is 9.59 Å². The number of nitrogens with one attached hydrogen (secondary N) is 1. The second-order valence-corrected chi connectivity index (χ2v) is 6.17. The molecule has 1 aromatic rings. The average Bonchev–Trinajstić information content (AvgIpc) is 2.45. The summed E-state index contributed by atoms with van der Waals surface area (Å²) in [6.07, 6.45) is 1.08. The third kappa shape index (κ3) is 6.16. The van der Waals surface area contributed by atoms with Crippen LogP contribution in [0.4, 0.5) is 4.79 Å². The van der Waals surface area contributed by atoms with Crippen LogP contribution >= 0.6 is 0 Å². The van der Waals surface area contributed by atoms with Crippen LogP contribution < -0.4 is 10.1 Å². The zero-order valence-electron chi connectivity index (χ0n) is 13.7. The first-order valence-electron chi connectivity index (χ1n) is 7.54. The fourth-order valence-corrected chi connectivity index (χ4v) is 1.77. The summed E-state index contributed by atoms with van der Waals surface area (Å²) in [7, 11) is 0. The van der Waals surface area contributed by atoms with Crippen molar-refractivity contribution >= 4 is 12.1 Å². The molecule has 1 amide bonds. The van der Waals surface area contributed by atoms with Gasteiger partial charge in [0.2, 0.25) is 0 Å². The van der Waals surface area contributed by atoms with Crippen LogP contribution in [0.5, 0.6) is 5.75 Å². The Hall–Kier alpha value is -2.04. The highest BCUT2D eigenvalue weighted by Crippen LogP contribution is 2.21. The van der Waals surface area contributed by atoms with E-state index in [1.807, 2.05) is 33.8 Å². The average molecular weight is 307 g/mol. The summed E-state index contributed by atoms with van der Waals surface area (Å²) in [5.74, 6) is -0.0158. The minimum Gasteiger partial charge on any atom is -0.464 e. The normalized spacial score (nSPS) is 12.4. The molecule has 1 aromatic carbocycles. The molecule has 0 saturated heterocycles. The van der Waals surface area contributed by atoms with Crippen molar-refractivity contribution in [1.82, 2.24) is 5.32 Å². The van der Waals surface area contributed by atoms with E-state index in [4.69, 9.17) is 9.47 Å². The van der Waals surface area contributed by atoms with E-state index >= 15 is 0 Å². The fourth-order valence-electron chi connectivity index (χ4n) is 1.77. The van der Waals surface area contributed by atoms with E-state index in [0.29, 0.717) is 12.4 Å². The molecule has 122 valence electrons. The van der Waals surface area contributed by atoms with Crippen LogP contribution in [0.15, 0.2) is 30.3 Å². The minimum atomic E-state index is -0.763. The Morgan fingerprint density at radius 3 is 2.36 bits per heavy atom. The minimum absolute atomic E-state index is 0.358. The molecule has 1 N–H and O–H groups in total. The van der Waals surface area contributed by atoms with Gasteiger partial charge in [0, 0.05) is 0 Å². The highest BCUT2D eigenvalue weighted by Gasteiger charge is 2.34. The maximum Gasteiger partial charge on any atom is 0.413 e. The summed E-state index contributed by atoms with van der Waals surface area (Å²) in [4.78, 5) is 24.1. The van der Waals surface area contributed by atoms with Gasteiger partial charge in [-0.15, -0.1) is 0 Å². The van der Waals surface area contributed by atoms with Crippen molar-refractivity contribution in [3.05, 3.63) is 30.3 Å². The molecule has 0 aliphatic rings. The summed E-state index contributed by atoms with van der Waals surface area (Å²) in [6.45, 7) is 7.96. The lowest BCUT2D eigenvalue weighted by Gasteiger charge is -2.29. The number of benzene rings is 1. The topological polar surface area (TPSA) is 64.6 Å². The molecule has 1 unspecified atom stereocenters. The number of hydrogen-bond donors (Lipinski definition) is 1. The number of rotatable bonds is 6. The summed E-state index contributed by atoms with van der Waals surface area (Å²) in [5.41, 5.74) is -0.473. The van der Waals surface area contributed by atoms with Crippen molar-refractivity contribution in [1.29, 1.82) is 0 Å². The first kappa shape index (κ1) is 18.0. The van der Waals surface area contributed by atoms with Gasteiger partial charge < -0.3 is 14.8 Å². The fraction of sp³-hybridized carbons (Fsp3) is 0.529. The van der Waals surface area contributed by atoms with Crippen LogP contribution in [-0.4, -0.2) is 24.7 Å². The number of amides is 1. The van der Waals surface area contributed by atoms with Gasteiger partial charge in [-0.25, -0.2) is 9.59 Å². The van der Waals surface area contributed by atoms with Crippen LogP contribution in [0.25, 0.3) is 0 Å². The lowest BCUT2D eigenvalue weighted by Crippen LogP contribution is -2.50. The molecule has 0 aromatic heterocycles. The number of carbonyl (C=O) groups excluding carboxylic acids is 2. The Balaban J connectivity index is 2.65. The Bertz CT molecular complexity index is 479. The maximum absolute atomic E-state index is 12.2. The third-order valence-corrected chi connectivity index (χ3v) is 3.06. The Labute approximate surface area is 132 Å². The molecule has 0 radical (unpaired) electrons. The SMILES string of the molecule is CCCCOC(=O)C(NC(=O)Oc1ccccc1)C(C)(C)C. The van der Waals surface area contributed by atoms with Crippen molar-refractivity contribution in [2.75, 3.05) is 6.61 Å². The summed E-state index contributed by atoms with van der Waals surface area (Å²) >= 11 is 0. The summed E-state index contributed by atoms with van der Waals surface area (Å²) in [6, 6.07) is 7.94. The van der Waals surface area contributed by atoms with Gasteiger partial charge in [-0.1, -0.05) is 52.3 Å². The first-order chi connectivity index (χ1) is 10.3. The molecule has 5 nitrogen and oxygen atoms in total. The van der Waals surface area contributed by atoms with Crippen LogP contribution in [-0.2, 0) is 9.53 Å². The van der Waals surface area contributed by atoms with Crippen molar-refractivity contribution < 1.29 is 19.1 Å². The van der Waals surface area contributed by atoms with Gasteiger partial charge in [0.05, 0.1) is 6.61 Å². The van der Waals surface area contributed by atoms with Crippen molar-refractivity contribution in [3.63, 3.8) is 0 Å². The van der Waals surface area contributed by atoms with Gasteiger partial charge in [0.25, 0.3) is 0 Å². The molecule has 22 heavy (non-hydrogen) atoms. The van der Waals surface area contributed by atoms with Crippen molar-refractivity contribution in [3.8, 4) is 5.75 Å². The van der Waals surface area contributed by atoms with Crippen LogP contribution in [0.1, 0.15) is 40.5 Å². The predicted octanol–water partition coefficient (Wildman–Crippen LogP) is 3.53. The zero-order valence-corrected chi connectivity index (χ0v) is 13.7. The van der Waals surface area contributed by atoms with E-state index in [2.05, 4.69) is 5.32 Å². The highest BCUT2D eigenvalue weighted by molar-refractivity contribution is 5.82. The molecular weight excluding hydrogens is 282 g/mol. The highest BCUT2D eigenvalue weighted by atomic mass is 16.6. The third-order valence-electron chi connectivity index (χ3n) is 3.06. The second kappa shape index (κ2) is 8.41. The number of hydrogen-bond acceptors (Lipinski definition) is 4. The van der Waals surface area contributed by atoms with Crippen LogP contribution in [0, 0.1) is 5.41 Å². The molecule has 0 aliphatic heterocycles. The van der Waals surface area contributed by atoms with Gasteiger partial charge in [-0.3, -0.25) is 0 Å². The van der Waals surface area contributed by atoms with Crippen LogP contribution in [0.3, 0.4) is 0 Å². The van der Waals surface area contributed by atoms with Gasteiger partial charge in [-0.2, -0.15) is 0 Å². The van der Waals surface area contributed by atoms with E-state index in [-0.39, 0.29) is 0 Å². The number of ether oxygens (including phenoxy) is 2. The zero-order chi connectivity index (χ0) is 16.6. The molecule has 0 fully saturated rings. The predicted molar refractivity (Wildman–Crippen MR) is 84.7 cm³/mol. The summed E-state index contributed by atoms with van der Waals surface area (Å²) < 4.78 is 10.4. The largest absolute Gasteiger partial charge is 0.464 e. The molecule has 0 heterocycles. The number of para-hydroxylation sites is 1. The lowest BCUT2D eigenvalue weighted by molar-refractivity contribution is -0.149. The Kier molecular flexibility index (Phi) is 6.89. The van der Waals surface area contributed by atoms with Gasteiger partial charge in [-0.05, 0) is 24.0 Å². The molecule has 0 saturated carbocycles. The standard InChI is InChI=1S/C17H25NO4/c1-5-6-12-21-15(19)14(17(2,3)4)18-16(20)22-13-10-8-7-9-11-13/h7-11,14H,5-6,12H2,1-4H3,(H,18,20). The maximum atomic E-state index is 12.2. The van der Waals surface area contributed by atoms with E-state index in [1.165, 1.54) is 0 Å². The van der Waals surface area contributed by atoms with Crippen molar-refractivity contribution in [2.45, 2.75) is 46.6 Å². The molecule has 1 rings (SSSR count). The molecule has 0 aliphatic carbocycles. The van der Waals surface area contributed by atoms with Crippen LogP contribution in [0.2, 0.25) is 0 Å². The molecule has 0 bridgehead atoms. The molecular formula is C17H25NO4. The number of esters is 1. The van der Waals surface area contributed by atoms with Crippen molar-refractivity contribution in [2.24, 2.45) is 5.41 Å². The summed E-state index contributed by atoms with van der Waals surface area (Å²) in [5, 5.41) is 2.60. The smallest absolute Gasteiger partial charge is 0.413 e. The molecule has 5 heteroatoms. The van der Waals surface area contributed by atoms with Gasteiger partial charge >= 0.3 is 12.1 Å². The van der Waals surface area contributed by atoms with E-state index in [0.717, 1.165) is 12.8 Å². The van der Waals surface area contributed by atoms with Gasteiger partial charge in [0.1, 0.15) is 11.8 Å². The number of carbonyl (C=O) groups is 2. The van der Waals surface area contributed by atoms with E-state index < -0.39 is 23.5 Å². The second-order valence-electron chi connectivity index (χ2n) is 6.17. The lowest BCUT2D eigenvalue weighted by atomic mass is 9.87. The Morgan fingerprint density at radius 1 is 1.18 bits per heavy atom. The quantitative estimate of drug-likeness (QED) is 0.645. The number of unbranched alkanes of at least 4 members (excludes halogenated alkanes) is 1. The van der Waals surface area contributed by atoms with E-state index in [1.54, 1.807) is 24.3 Å². The monoisotopic (exact) mass is 307 g/mol.